The van der Waals surface area contributed by atoms with Crippen molar-refractivity contribution in [2.45, 2.75) is 33.0 Å². The van der Waals surface area contributed by atoms with Crippen molar-refractivity contribution in [3.8, 4) is 0 Å². The van der Waals surface area contributed by atoms with E-state index in [9.17, 15) is 18.0 Å². The number of nitrogens with zero attached hydrogens (tertiary/aromatic N) is 4. The van der Waals surface area contributed by atoms with E-state index in [1.165, 1.54) is 6.07 Å². The van der Waals surface area contributed by atoms with Gasteiger partial charge >= 0.3 is 6.18 Å². The summed E-state index contributed by atoms with van der Waals surface area (Å²) in [6.07, 6.45) is -3.81. The molecule has 1 amide bonds. The third-order valence-electron chi connectivity index (χ3n) is 4.85. The Balaban J connectivity index is 1.45. The molecule has 1 aromatic heterocycles. The second kappa shape index (κ2) is 9.97. The number of anilines is 1. The molecule has 0 atom stereocenters. The molecule has 1 N–H and O–H groups in total. The highest BCUT2D eigenvalue weighted by Crippen LogP contribution is 2.36. The average molecular weight is 460 g/mol. The van der Waals surface area contributed by atoms with E-state index in [2.05, 4.69) is 34.2 Å². The summed E-state index contributed by atoms with van der Waals surface area (Å²) < 4.78 is 44.2. The molecule has 0 spiro atoms. The van der Waals surface area contributed by atoms with Gasteiger partial charge in [0.15, 0.2) is 5.82 Å². The topological polar surface area (TPSA) is 74.5 Å². The summed E-state index contributed by atoms with van der Waals surface area (Å²) in [5, 5.41) is 6.10. The average Bonchev–Trinajstić information content (AvgIpc) is 3.10. The molecule has 170 valence electrons. The standard InChI is InChI=1S/C20H25ClF3N5O2/c1-13(2)9-17-26-19(31-27-17)12-29-7-5-28(6-8-29)11-18(30)25-14-3-4-16(21)15(10-14)20(22,23)24/h3-4,10,13H,5-9,11-12H2,1-2H3,(H,25,30). The SMILES string of the molecule is CC(C)Cc1noc(CN2CCN(CC(=O)Nc3ccc(Cl)c(C(F)(F)F)c3)CC2)n1. The van der Waals surface area contributed by atoms with Crippen LogP contribution in [0.25, 0.3) is 0 Å². The van der Waals surface area contributed by atoms with Gasteiger partial charge in [-0.05, 0) is 24.1 Å². The Kier molecular flexibility index (Phi) is 7.55. The van der Waals surface area contributed by atoms with Gasteiger partial charge in [-0.1, -0.05) is 30.6 Å². The number of hydrogen-bond donors (Lipinski definition) is 1. The molecule has 2 heterocycles. The van der Waals surface area contributed by atoms with Gasteiger partial charge in [0.05, 0.1) is 23.7 Å². The summed E-state index contributed by atoms with van der Waals surface area (Å²) in [6, 6.07) is 3.32. The van der Waals surface area contributed by atoms with Crippen LogP contribution in [0.3, 0.4) is 0 Å². The zero-order chi connectivity index (χ0) is 22.6. The predicted molar refractivity (Wildman–Crippen MR) is 110 cm³/mol. The smallest absolute Gasteiger partial charge is 0.338 e. The number of piperazine rings is 1. The van der Waals surface area contributed by atoms with Gasteiger partial charge < -0.3 is 9.84 Å². The summed E-state index contributed by atoms with van der Waals surface area (Å²) in [5.41, 5.74) is -0.910. The van der Waals surface area contributed by atoms with Crippen LogP contribution in [0.1, 0.15) is 31.1 Å². The van der Waals surface area contributed by atoms with Crippen molar-refractivity contribution >= 4 is 23.2 Å². The first kappa shape index (κ1) is 23.5. The molecule has 0 unspecified atom stereocenters. The normalized spacial score (nSPS) is 16.1. The first-order valence-electron chi connectivity index (χ1n) is 10.0. The van der Waals surface area contributed by atoms with E-state index in [1.54, 1.807) is 0 Å². The molecular weight excluding hydrogens is 435 g/mol. The Morgan fingerprint density at radius 3 is 2.55 bits per heavy atom. The van der Waals surface area contributed by atoms with Crippen LogP contribution in [-0.4, -0.2) is 58.6 Å². The van der Waals surface area contributed by atoms with E-state index in [-0.39, 0.29) is 18.1 Å². The van der Waals surface area contributed by atoms with Crippen molar-refractivity contribution in [3.63, 3.8) is 0 Å². The Morgan fingerprint density at radius 2 is 1.90 bits per heavy atom. The summed E-state index contributed by atoms with van der Waals surface area (Å²) in [7, 11) is 0. The van der Waals surface area contributed by atoms with Gasteiger partial charge in [0.1, 0.15) is 0 Å². The number of rotatable bonds is 7. The number of carbonyl (C=O) groups excluding carboxylic acids is 1. The quantitative estimate of drug-likeness (QED) is 0.680. The van der Waals surface area contributed by atoms with E-state index >= 15 is 0 Å². The number of halogens is 4. The van der Waals surface area contributed by atoms with Gasteiger partial charge in [0.25, 0.3) is 0 Å². The van der Waals surface area contributed by atoms with Crippen LogP contribution in [0.2, 0.25) is 5.02 Å². The lowest BCUT2D eigenvalue weighted by Gasteiger charge is -2.33. The number of benzene rings is 1. The maximum Gasteiger partial charge on any atom is 0.417 e. The van der Waals surface area contributed by atoms with E-state index in [0.29, 0.717) is 50.4 Å². The van der Waals surface area contributed by atoms with Crippen molar-refractivity contribution in [2.24, 2.45) is 5.92 Å². The second-order valence-electron chi connectivity index (χ2n) is 8.00. The molecule has 7 nitrogen and oxygen atoms in total. The lowest BCUT2D eigenvalue weighted by molar-refractivity contribution is -0.137. The molecule has 31 heavy (non-hydrogen) atoms. The van der Waals surface area contributed by atoms with E-state index < -0.39 is 16.8 Å². The third kappa shape index (κ3) is 6.91. The number of carbonyl (C=O) groups is 1. The van der Waals surface area contributed by atoms with Gasteiger partial charge in [-0.15, -0.1) is 0 Å². The number of nitrogens with one attached hydrogen (secondary N) is 1. The minimum atomic E-state index is -4.58. The molecule has 1 aliphatic rings. The predicted octanol–water partition coefficient (Wildman–Crippen LogP) is 3.70. The van der Waals surface area contributed by atoms with E-state index in [1.807, 2.05) is 4.90 Å². The lowest BCUT2D eigenvalue weighted by atomic mass is 10.1. The first-order chi connectivity index (χ1) is 14.6. The minimum absolute atomic E-state index is 0.0638. The number of alkyl halides is 3. The molecule has 11 heteroatoms. The fourth-order valence-corrected chi connectivity index (χ4v) is 3.55. The van der Waals surface area contributed by atoms with Gasteiger partial charge in [0, 0.05) is 38.3 Å². The van der Waals surface area contributed by atoms with Crippen LogP contribution in [0.4, 0.5) is 18.9 Å². The van der Waals surface area contributed by atoms with E-state index in [4.69, 9.17) is 16.1 Å². The van der Waals surface area contributed by atoms with Gasteiger partial charge in [0.2, 0.25) is 11.8 Å². The second-order valence-corrected chi connectivity index (χ2v) is 8.40. The lowest BCUT2D eigenvalue weighted by Crippen LogP contribution is -2.48. The van der Waals surface area contributed by atoms with Crippen molar-refractivity contribution in [1.82, 2.24) is 19.9 Å². The fraction of sp³-hybridized carbons (Fsp3) is 0.550. The molecule has 1 aliphatic heterocycles. The molecular formula is C20H25ClF3N5O2. The summed E-state index contributed by atoms with van der Waals surface area (Å²) in [5.74, 6) is 1.36. The minimum Gasteiger partial charge on any atom is -0.338 e. The van der Waals surface area contributed by atoms with Crippen LogP contribution >= 0.6 is 11.6 Å². The molecule has 0 aliphatic carbocycles. The van der Waals surface area contributed by atoms with Crippen LogP contribution in [-0.2, 0) is 23.9 Å². The summed E-state index contributed by atoms with van der Waals surface area (Å²) in [4.78, 5) is 20.8. The maximum absolute atomic E-state index is 13.0. The first-order valence-corrected chi connectivity index (χ1v) is 10.4. The van der Waals surface area contributed by atoms with Crippen LogP contribution in [0.5, 0.6) is 0 Å². The van der Waals surface area contributed by atoms with Crippen molar-refractivity contribution in [3.05, 3.63) is 40.5 Å². The van der Waals surface area contributed by atoms with E-state index in [0.717, 1.165) is 18.6 Å². The fourth-order valence-electron chi connectivity index (χ4n) is 3.32. The van der Waals surface area contributed by atoms with Crippen LogP contribution < -0.4 is 5.32 Å². The highest BCUT2D eigenvalue weighted by Gasteiger charge is 2.33. The van der Waals surface area contributed by atoms with Gasteiger partial charge in [-0.3, -0.25) is 14.6 Å². The Morgan fingerprint density at radius 1 is 1.23 bits per heavy atom. The molecule has 1 fully saturated rings. The molecule has 3 rings (SSSR count). The van der Waals surface area contributed by atoms with Crippen molar-refractivity contribution < 1.29 is 22.5 Å². The maximum atomic E-state index is 13.0. The molecule has 2 aromatic rings. The number of aromatic nitrogens is 2. The number of amides is 1. The zero-order valence-electron chi connectivity index (χ0n) is 17.4. The van der Waals surface area contributed by atoms with Crippen molar-refractivity contribution in [2.75, 3.05) is 38.0 Å². The van der Waals surface area contributed by atoms with Crippen LogP contribution in [0.15, 0.2) is 22.7 Å². The largest absolute Gasteiger partial charge is 0.417 e. The van der Waals surface area contributed by atoms with Crippen LogP contribution in [0, 0.1) is 5.92 Å². The highest BCUT2D eigenvalue weighted by molar-refractivity contribution is 6.31. The Hall–Kier alpha value is -2.17. The molecule has 0 saturated carbocycles. The van der Waals surface area contributed by atoms with Gasteiger partial charge in [-0.25, -0.2) is 0 Å². The molecule has 1 saturated heterocycles. The Bertz CT molecular complexity index is 895. The highest BCUT2D eigenvalue weighted by atomic mass is 35.5. The summed E-state index contributed by atoms with van der Waals surface area (Å²) in [6.45, 7) is 7.56. The monoisotopic (exact) mass is 459 g/mol. The molecule has 0 radical (unpaired) electrons. The van der Waals surface area contributed by atoms with Crippen molar-refractivity contribution in [1.29, 1.82) is 0 Å². The zero-order valence-corrected chi connectivity index (χ0v) is 18.1. The van der Waals surface area contributed by atoms with Gasteiger partial charge in [-0.2, -0.15) is 18.2 Å². The number of hydrogen-bond acceptors (Lipinski definition) is 6. The molecule has 1 aromatic carbocycles. The Labute approximate surface area is 183 Å². The summed E-state index contributed by atoms with van der Waals surface area (Å²) >= 11 is 5.61. The molecule has 0 bridgehead atoms. The third-order valence-corrected chi connectivity index (χ3v) is 5.18.